The van der Waals surface area contributed by atoms with Crippen LogP contribution >= 0.6 is 0 Å². The molecule has 0 saturated heterocycles. The standard InChI is InChI=1S/C7H11BO2/c8-5-1-6(10)7(3-9)2-4(5)7/h4-6,9-10H,1-3H2/t4-,5+,6+,7+/m1/s1. The van der Waals surface area contributed by atoms with Crippen LogP contribution in [-0.2, 0) is 0 Å². The largest absolute Gasteiger partial charge is 0.396 e. The summed E-state index contributed by atoms with van der Waals surface area (Å²) in [4.78, 5) is 0. The zero-order chi connectivity index (χ0) is 7.35. The van der Waals surface area contributed by atoms with Gasteiger partial charge in [0.25, 0.3) is 0 Å². The molecule has 2 aliphatic rings. The van der Waals surface area contributed by atoms with Crippen molar-refractivity contribution in [2.75, 3.05) is 6.61 Å². The van der Waals surface area contributed by atoms with Gasteiger partial charge in [-0.3, -0.25) is 0 Å². The number of fused-ring (bicyclic) bond motifs is 1. The molecular weight excluding hydrogens is 127 g/mol. The zero-order valence-corrected chi connectivity index (χ0v) is 5.83. The highest BCUT2D eigenvalue weighted by Gasteiger charge is 2.64. The van der Waals surface area contributed by atoms with Crippen LogP contribution in [-0.4, -0.2) is 30.8 Å². The molecule has 2 N–H and O–H groups in total. The normalized spacial score (nSPS) is 58.4. The van der Waals surface area contributed by atoms with Crippen molar-refractivity contribution in [1.29, 1.82) is 0 Å². The van der Waals surface area contributed by atoms with Gasteiger partial charge in [-0.1, -0.05) is 5.82 Å². The summed E-state index contributed by atoms with van der Waals surface area (Å²) >= 11 is 0. The van der Waals surface area contributed by atoms with Gasteiger partial charge in [-0.25, -0.2) is 0 Å². The topological polar surface area (TPSA) is 40.5 Å². The summed E-state index contributed by atoms with van der Waals surface area (Å²) < 4.78 is 0. The van der Waals surface area contributed by atoms with Gasteiger partial charge in [0, 0.05) is 5.41 Å². The first kappa shape index (κ1) is 6.68. The predicted octanol–water partition coefficient (Wildman–Crippen LogP) is -0.293. The fourth-order valence-corrected chi connectivity index (χ4v) is 2.26. The summed E-state index contributed by atoms with van der Waals surface area (Å²) in [6, 6.07) is 0. The predicted molar refractivity (Wildman–Crippen MR) is 37.8 cm³/mol. The number of rotatable bonds is 1. The Bertz CT molecular complexity index is 158. The van der Waals surface area contributed by atoms with Gasteiger partial charge in [0.1, 0.15) is 0 Å². The third-order valence-electron chi connectivity index (χ3n) is 3.15. The Labute approximate surface area is 61.7 Å². The van der Waals surface area contributed by atoms with E-state index in [1.54, 1.807) is 0 Å². The summed E-state index contributed by atoms with van der Waals surface area (Å²) in [6.07, 6.45) is 1.24. The van der Waals surface area contributed by atoms with Crippen LogP contribution in [0.5, 0.6) is 0 Å². The lowest BCUT2D eigenvalue weighted by atomic mass is 9.83. The van der Waals surface area contributed by atoms with Crippen molar-refractivity contribution in [2.45, 2.75) is 24.8 Å². The molecule has 2 radical (unpaired) electrons. The van der Waals surface area contributed by atoms with Crippen LogP contribution in [0.25, 0.3) is 0 Å². The van der Waals surface area contributed by atoms with E-state index >= 15 is 0 Å². The van der Waals surface area contributed by atoms with E-state index < -0.39 is 0 Å². The number of hydrogen-bond acceptors (Lipinski definition) is 2. The quantitative estimate of drug-likeness (QED) is 0.488. The number of hydrogen-bond donors (Lipinski definition) is 2. The monoisotopic (exact) mass is 138 g/mol. The molecule has 2 saturated carbocycles. The van der Waals surface area contributed by atoms with Gasteiger partial charge in [0.15, 0.2) is 0 Å². The van der Waals surface area contributed by atoms with Crippen molar-refractivity contribution in [1.82, 2.24) is 0 Å². The fraction of sp³-hybridized carbons (Fsp3) is 1.00. The summed E-state index contributed by atoms with van der Waals surface area (Å²) in [6.45, 7) is 0.104. The lowest BCUT2D eigenvalue weighted by molar-refractivity contribution is 0.0612. The van der Waals surface area contributed by atoms with Crippen LogP contribution in [0, 0.1) is 11.3 Å². The highest BCUT2D eigenvalue weighted by atomic mass is 16.3. The summed E-state index contributed by atoms with van der Waals surface area (Å²) in [5.41, 5.74) is -0.181. The third kappa shape index (κ3) is 0.577. The Morgan fingerprint density at radius 2 is 2.30 bits per heavy atom. The molecule has 2 aliphatic carbocycles. The Balaban J connectivity index is 2.16. The molecule has 0 unspecified atom stereocenters. The minimum atomic E-state index is -0.350. The molecule has 10 heavy (non-hydrogen) atoms. The second kappa shape index (κ2) is 1.77. The fourth-order valence-electron chi connectivity index (χ4n) is 2.26. The van der Waals surface area contributed by atoms with Gasteiger partial charge in [0.05, 0.1) is 20.6 Å². The molecule has 2 rings (SSSR count). The van der Waals surface area contributed by atoms with Gasteiger partial charge < -0.3 is 10.2 Å². The van der Waals surface area contributed by atoms with Crippen molar-refractivity contribution in [2.24, 2.45) is 11.3 Å². The van der Waals surface area contributed by atoms with E-state index in [2.05, 4.69) is 0 Å². The molecular formula is C7H11BO2. The average molecular weight is 138 g/mol. The van der Waals surface area contributed by atoms with Gasteiger partial charge in [-0.15, -0.1) is 0 Å². The Morgan fingerprint density at radius 1 is 1.60 bits per heavy atom. The SMILES string of the molecule is [B][C@H]1C[C@H](O)[C@]2(CO)C[C@H]12. The summed E-state index contributed by atoms with van der Waals surface area (Å²) in [7, 11) is 5.70. The first-order chi connectivity index (χ1) is 4.70. The van der Waals surface area contributed by atoms with E-state index in [0.29, 0.717) is 12.3 Å². The molecule has 2 fully saturated rings. The maximum absolute atomic E-state index is 9.42. The molecule has 3 heteroatoms. The van der Waals surface area contributed by atoms with Crippen molar-refractivity contribution in [3.05, 3.63) is 0 Å². The van der Waals surface area contributed by atoms with Crippen LogP contribution < -0.4 is 0 Å². The highest BCUT2D eigenvalue weighted by Crippen LogP contribution is 2.67. The second-order valence-corrected chi connectivity index (χ2v) is 3.62. The Kier molecular flexibility index (Phi) is 1.18. The minimum Gasteiger partial charge on any atom is -0.396 e. The molecule has 54 valence electrons. The van der Waals surface area contributed by atoms with Crippen LogP contribution in [0.4, 0.5) is 0 Å². The molecule has 0 aromatic carbocycles. The molecule has 4 atom stereocenters. The smallest absolute Gasteiger partial charge is 0.0704 e. The first-order valence-electron chi connectivity index (χ1n) is 3.75. The first-order valence-corrected chi connectivity index (χ1v) is 3.75. The van der Waals surface area contributed by atoms with E-state index in [0.717, 1.165) is 6.42 Å². The lowest BCUT2D eigenvalue weighted by Gasteiger charge is -2.14. The highest BCUT2D eigenvalue weighted by molar-refractivity contribution is 6.12. The van der Waals surface area contributed by atoms with Crippen LogP contribution in [0.3, 0.4) is 0 Å². The van der Waals surface area contributed by atoms with E-state index in [-0.39, 0.29) is 23.9 Å². The van der Waals surface area contributed by atoms with Crippen LogP contribution in [0.15, 0.2) is 0 Å². The van der Waals surface area contributed by atoms with E-state index in [4.69, 9.17) is 13.0 Å². The third-order valence-corrected chi connectivity index (χ3v) is 3.15. The van der Waals surface area contributed by atoms with Gasteiger partial charge in [0.2, 0.25) is 0 Å². The number of aliphatic hydroxyl groups excluding tert-OH is 2. The number of aliphatic hydroxyl groups is 2. The van der Waals surface area contributed by atoms with Crippen molar-refractivity contribution in [3.63, 3.8) is 0 Å². The van der Waals surface area contributed by atoms with Crippen molar-refractivity contribution < 1.29 is 10.2 Å². The molecule has 0 aromatic rings. The Morgan fingerprint density at radius 3 is 2.50 bits per heavy atom. The van der Waals surface area contributed by atoms with Crippen molar-refractivity contribution in [3.8, 4) is 0 Å². The minimum absolute atomic E-state index is 0.104. The molecule has 2 nitrogen and oxygen atoms in total. The van der Waals surface area contributed by atoms with E-state index in [9.17, 15) is 5.11 Å². The van der Waals surface area contributed by atoms with Crippen LogP contribution in [0.2, 0.25) is 5.82 Å². The summed E-state index contributed by atoms with van der Waals surface area (Å²) in [5.74, 6) is 0.523. The van der Waals surface area contributed by atoms with Gasteiger partial charge >= 0.3 is 0 Å². The van der Waals surface area contributed by atoms with E-state index in [1.165, 1.54) is 0 Å². The van der Waals surface area contributed by atoms with Gasteiger partial charge in [-0.2, -0.15) is 0 Å². The molecule has 0 aromatic heterocycles. The zero-order valence-electron chi connectivity index (χ0n) is 5.83. The molecule has 0 bridgehead atoms. The van der Waals surface area contributed by atoms with Crippen molar-refractivity contribution >= 4 is 7.85 Å². The second-order valence-electron chi connectivity index (χ2n) is 3.62. The maximum atomic E-state index is 9.42. The van der Waals surface area contributed by atoms with Crippen LogP contribution in [0.1, 0.15) is 12.8 Å². The van der Waals surface area contributed by atoms with E-state index in [1.807, 2.05) is 0 Å². The molecule has 0 heterocycles. The summed E-state index contributed by atoms with van der Waals surface area (Å²) in [5, 5.41) is 18.4. The molecule has 0 spiro atoms. The molecule has 0 aliphatic heterocycles. The van der Waals surface area contributed by atoms with Gasteiger partial charge in [-0.05, 0) is 18.8 Å². The molecule has 0 amide bonds. The average Bonchev–Trinajstić information content (AvgIpc) is 2.57. The maximum Gasteiger partial charge on any atom is 0.0704 e. The lowest BCUT2D eigenvalue weighted by Crippen LogP contribution is -2.22. The Hall–Kier alpha value is -0.0151.